The lowest BCUT2D eigenvalue weighted by Gasteiger charge is -2.11. The normalized spacial score (nSPS) is 11.2. The fourth-order valence-electron chi connectivity index (χ4n) is 1.54. The summed E-state index contributed by atoms with van der Waals surface area (Å²) in [6.07, 6.45) is -4.03. The topological polar surface area (TPSA) is 38.3 Å². The Morgan fingerprint density at radius 2 is 2.00 bits per heavy atom. The van der Waals surface area contributed by atoms with Gasteiger partial charge in [0, 0.05) is 6.42 Å². The molecule has 3 nitrogen and oxygen atoms in total. The van der Waals surface area contributed by atoms with Gasteiger partial charge in [-0.05, 0) is 25.0 Å². The SMILES string of the molecule is CCOc1ccccc1CCC(=O)NCC(F)(F)F. The molecule has 1 rings (SSSR count). The van der Waals surface area contributed by atoms with Crippen molar-refractivity contribution >= 4 is 5.91 Å². The molecule has 0 aliphatic rings. The summed E-state index contributed by atoms with van der Waals surface area (Å²) in [6, 6.07) is 7.16. The Balaban J connectivity index is 2.46. The Kier molecular flexibility index (Phi) is 5.66. The fraction of sp³-hybridized carbons (Fsp3) is 0.462. The van der Waals surface area contributed by atoms with Crippen LogP contribution in [0.2, 0.25) is 0 Å². The average Bonchev–Trinajstić information content (AvgIpc) is 2.35. The first kappa shape index (κ1) is 15.3. The maximum atomic E-state index is 11.9. The van der Waals surface area contributed by atoms with Crippen LogP contribution >= 0.6 is 0 Å². The van der Waals surface area contributed by atoms with Crippen molar-refractivity contribution in [3.05, 3.63) is 29.8 Å². The number of hydrogen-bond donors (Lipinski definition) is 1. The molecule has 1 aromatic rings. The first-order valence-corrected chi connectivity index (χ1v) is 5.96. The zero-order chi connectivity index (χ0) is 14.3. The van der Waals surface area contributed by atoms with E-state index in [1.807, 2.05) is 12.2 Å². The maximum absolute atomic E-state index is 11.9. The maximum Gasteiger partial charge on any atom is 0.405 e. The highest BCUT2D eigenvalue weighted by Gasteiger charge is 2.27. The third kappa shape index (κ3) is 6.13. The summed E-state index contributed by atoms with van der Waals surface area (Å²) in [5, 5.41) is 1.84. The van der Waals surface area contributed by atoms with E-state index in [0.717, 1.165) is 5.56 Å². The molecule has 0 spiro atoms. The largest absolute Gasteiger partial charge is 0.494 e. The van der Waals surface area contributed by atoms with Crippen LogP contribution in [0.4, 0.5) is 13.2 Å². The minimum absolute atomic E-state index is 0.000166. The van der Waals surface area contributed by atoms with Gasteiger partial charge in [0.1, 0.15) is 12.3 Å². The highest BCUT2D eigenvalue weighted by Crippen LogP contribution is 2.19. The third-order valence-corrected chi connectivity index (χ3v) is 2.38. The number of rotatable bonds is 6. The molecule has 0 saturated carbocycles. The Labute approximate surface area is 109 Å². The summed E-state index contributed by atoms with van der Waals surface area (Å²) in [7, 11) is 0. The van der Waals surface area contributed by atoms with E-state index in [9.17, 15) is 18.0 Å². The first-order chi connectivity index (χ1) is 8.92. The number of alkyl halides is 3. The van der Waals surface area contributed by atoms with Crippen LogP contribution in [0.25, 0.3) is 0 Å². The van der Waals surface area contributed by atoms with Gasteiger partial charge in [0.2, 0.25) is 5.91 Å². The molecule has 0 aliphatic carbocycles. The number of para-hydroxylation sites is 1. The van der Waals surface area contributed by atoms with Crippen LogP contribution < -0.4 is 10.1 Å². The number of carbonyl (C=O) groups is 1. The highest BCUT2D eigenvalue weighted by molar-refractivity contribution is 5.76. The number of carbonyl (C=O) groups excluding carboxylic acids is 1. The Bertz CT molecular complexity index is 419. The van der Waals surface area contributed by atoms with Crippen LogP contribution in [-0.4, -0.2) is 25.2 Å². The fourth-order valence-corrected chi connectivity index (χ4v) is 1.54. The van der Waals surface area contributed by atoms with Gasteiger partial charge in [0.25, 0.3) is 0 Å². The highest BCUT2D eigenvalue weighted by atomic mass is 19.4. The average molecular weight is 275 g/mol. The van der Waals surface area contributed by atoms with E-state index < -0.39 is 18.6 Å². The molecule has 0 saturated heterocycles. The van der Waals surface area contributed by atoms with Gasteiger partial charge in [-0.2, -0.15) is 13.2 Å². The summed E-state index contributed by atoms with van der Waals surface area (Å²) in [6.45, 7) is 1.04. The zero-order valence-electron chi connectivity index (χ0n) is 10.6. The van der Waals surface area contributed by atoms with Crippen molar-refractivity contribution in [1.82, 2.24) is 5.32 Å². The molecule has 0 radical (unpaired) electrons. The van der Waals surface area contributed by atoms with Crippen molar-refractivity contribution in [3.8, 4) is 5.75 Å². The number of halogens is 3. The van der Waals surface area contributed by atoms with Crippen LogP contribution in [0.1, 0.15) is 18.9 Å². The van der Waals surface area contributed by atoms with Gasteiger partial charge in [-0.25, -0.2) is 0 Å². The quantitative estimate of drug-likeness (QED) is 0.867. The van der Waals surface area contributed by atoms with Crippen molar-refractivity contribution in [2.75, 3.05) is 13.2 Å². The van der Waals surface area contributed by atoms with Gasteiger partial charge < -0.3 is 10.1 Å². The molecule has 0 atom stereocenters. The monoisotopic (exact) mass is 275 g/mol. The molecule has 0 aromatic heterocycles. The summed E-state index contributed by atoms with van der Waals surface area (Å²) < 4.78 is 41.1. The molecule has 0 bridgehead atoms. The standard InChI is InChI=1S/C13H16F3NO2/c1-2-19-11-6-4-3-5-10(11)7-8-12(18)17-9-13(14,15)16/h3-6H,2,7-9H2,1H3,(H,17,18). The second-order valence-electron chi connectivity index (χ2n) is 3.93. The van der Waals surface area contributed by atoms with E-state index in [0.29, 0.717) is 18.8 Å². The lowest BCUT2D eigenvalue weighted by molar-refractivity contribution is -0.138. The van der Waals surface area contributed by atoms with Gasteiger partial charge in [0.05, 0.1) is 6.61 Å². The van der Waals surface area contributed by atoms with Crippen molar-refractivity contribution in [1.29, 1.82) is 0 Å². The Morgan fingerprint density at radius 1 is 1.32 bits per heavy atom. The second-order valence-corrected chi connectivity index (χ2v) is 3.93. The van der Waals surface area contributed by atoms with Crippen LogP contribution in [0.3, 0.4) is 0 Å². The van der Waals surface area contributed by atoms with Crippen LogP contribution in [0.15, 0.2) is 24.3 Å². The summed E-state index contributed by atoms with van der Waals surface area (Å²) in [4.78, 5) is 11.3. The summed E-state index contributed by atoms with van der Waals surface area (Å²) in [5.74, 6) is 0.0391. The number of nitrogens with one attached hydrogen (secondary N) is 1. The Hall–Kier alpha value is -1.72. The number of ether oxygens (including phenoxy) is 1. The van der Waals surface area contributed by atoms with E-state index in [1.165, 1.54) is 0 Å². The summed E-state index contributed by atoms with van der Waals surface area (Å²) in [5.41, 5.74) is 0.812. The van der Waals surface area contributed by atoms with Gasteiger partial charge in [0.15, 0.2) is 0 Å². The molecule has 1 aromatic carbocycles. The van der Waals surface area contributed by atoms with E-state index in [2.05, 4.69) is 0 Å². The van der Waals surface area contributed by atoms with Crippen molar-refractivity contribution in [2.45, 2.75) is 25.9 Å². The number of aryl methyl sites for hydroxylation is 1. The predicted molar refractivity (Wildman–Crippen MR) is 65.0 cm³/mol. The molecule has 0 aliphatic heterocycles. The lowest BCUT2D eigenvalue weighted by Crippen LogP contribution is -2.33. The molecule has 19 heavy (non-hydrogen) atoms. The molecule has 0 unspecified atom stereocenters. The number of benzene rings is 1. The molecule has 0 fully saturated rings. The van der Waals surface area contributed by atoms with E-state index in [1.54, 1.807) is 24.3 Å². The number of hydrogen-bond acceptors (Lipinski definition) is 2. The second kappa shape index (κ2) is 7.01. The van der Waals surface area contributed by atoms with Crippen molar-refractivity contribution in [3.63, 3.8) is 0 Å². The molecule has 1 N–H and O–H groups in total. The van der Waals surface area contributed by atoms with Crippen molar-refractivity contribution in [2.24, 2.45) is 0 Å². The minimum Gasteiger partial charge on any atom is -0.494 e. The predicted octanol–water partition coefficient (Wildman–Crippen LogP) is 2.70. The van der Waals surface area contributed by atoms with E-state index in [4.69, 9.17) is 4.74 Å². The number of amides is 1. The molecular weight excluding hydrogens is 259 g/mol. The van der Waals surface area contributed by atoms with Gasteiger partial charge >= 0.3 is 6.18 Å². The summed E-state index contributed by atoms with van der Waals surface area (Å²) >= 11 is 0. The first-order valence-electron chi connectivity index (χ1n) is 5.96. The van der Waals surface area contributed by atoms with Crippen LogP contribution in [0, 0.1) is 0 Å². The molecule has 0 heterocycles. The zero-order valence-corrected chi connectivity index (χ0v) is 10.6. The molecular formula is C13H16F3NO2. The molecule has 6 heteroatoms. The Morgan fingerprint density at radius 3 is 2.63 bits per heavy atom. The van der Waals surface area contributed by atoms with E-state index >= 15 is 0 Å². The van der Waals surface area contributed by atoms with Gasteiger partial charge in [-0.3, -0.25) is 4.79 Å². The smallest absolute Gasteiger partial charge is 0.405 e. The molecule has 106 valence electrons. The van der Waals surface area contributed by atoms with Crippen molar-refractivity contribution < 1.29 is 22.7 Å². The van der Waals surface area contributed by atoms with E-state index in [-0.39, 0.29) is 6.42 Å². The lowest BCUT2D eigenvalue weighted by atomic mass is 10.1. The third-order valence-electron chi connectivity index (χ3n) is 2.38. The van der Waals surface area contributed by atoms with Crippen LogP contribution in [0.5, 0.6) is 5.75 Å². The van der Waals surface area contributed by atoms with Crippen LogP contribution in [-0.2, 0) is 11.2 Å². The van der Waals surface area contributed by atoms with Gasteiger partial charge in [-0.1, -0.05) is 18.2 Å². The molecule has 1 amide bonds. The minimum atomic E-state index is -4.38. The van der Waals surface area contributed by atoms with Gasteiger partial charge in [-0.15, -0.1) is 0 Å².